The highest BCUT2D eigenvalue weighted by Gasteiger charge is 2.28. The van der Waals surface area contributed by atoms with Gasteiger partial charge in [0.1, 0.15) is 0 Å². The van der Waals surface area contributed by atoms with Crippen molar-refractivity contribution in [2.45, 2.75) is 42.9 Å². The molecule has 7 nitrogen and oxygen atoms in total. The topological polar surface area (TPSA) is 81.5 Å². The number of allylic oxidation sites excluding steroid dienone is 1. The van der Waals surface area contributed by atoms with Crippen LogP contribution in [-0.4, -0.2) is 48.0 Å². The zero-order valence-corrected chi connectivity index (χ0v) is 19.9. The maximum Gasteiger partial charge on any atom is 0.264 e. The second kappa shape index (κ2) is 10.5. The molecule has 1 aliphatic rings. The van der Waals surface area contributed by atoms with Gasteiger partial charge in [0, 0.05) is 19.7 Å². The van der Waals surface area contributed by atoms with Crippen molar-refractivity contribution >= 4 is 27.1 Å². The Balaban J connectivity index is 1.62. The van der Waals surface area contributed by atoms with E-state index < -0.39 is 9.84 Å². The molecule has 1 saturated heterocycles. The van der Waals surface area contributed by atoms with E-state index in [1.807, 2.05) is 29.6 Å². The van der Waals surface area contributed by atoms with Gasteiger partial charge < -0.3 is 14.2 Å². The van der Waals surface area contributed by atoms with Crippen LogP contribution in [0.3, 0.4) is 0 Å². The molecule has 0 unspecified atom stereocenters. The van der Waals surface area contributed by atoms with E-state index in [0.29, 0.717) is 29.3 Å². The van der Waals surface area contributed by atoms with Gasteiger partial charge in [-0.15, -0.1) is 17.9 Å². The highest BCUT2D eigenvalue weighted by molar-refractivity contribution is 7.90. The number of hydrogen-bond acceptors (Lipinski definition) is 6. The lowest BCUT2D eigenvalue weighted by atomic mass is 10.2. The zero-order valence-electron chi connectivity index (χ0n) is 18.3. The van der Waals surface area contributed by atoms with Gasteiger partial charge >= 0.3 is 0 Å². The number of aromatic nitrogens is 2. The smallest absolute Gasteiger partial charge is 0.264 e. The van der Waals surface area contributed by atoms with Crippen molar-refractivity contribution in [1.82, 2.24) is 14.5 Å². The van der Waals surface area contributed by atoms with Gasteiger partial charge in [-0.3, -0.25) is 4.79 Å². The molecule has 33 heavy (non-hydrogen) atoms. The van der Waals surface area contributed by atoms with Gasteiger partial charge in [-0.2, -0.15) is 0 Å². The number of carbonyl (C=O) groups excluding carboxylic acids is 1. The summed E-state index contributed by atoms with van der Waals surface area (Å²) in [5.41, 5.74) is 1.34. The molecule has 0 bridgehead atoms. The first-order chi connectivity index (χ1) is 16.0. The molecule has 174 valence electrons. The monoisotopic (exact) mass is 485 g/mol. The summed E-state index contributed by atoms with van der Waals surface area (Å²) in [6.45, 7) is 5.43. The molecular formula is C24H27N3O4S2. The predicted octanol–water partition coefficient (Wildman–Crippen LogP) is 3.93. The highest BCUT2D eigenvalue weighted by Crippen LogP contribution is 2.22. The fourth-order valence-electron chi connectivity index (χ4n) is 3.95. The van der Waals surface area contributed by atoms with Gasteiger partial charge in [0.25, 0.3) is 5.91 Å². The van der Waals surface area contributed by atoms with Crippen molar-refractivity contribution in [2.24, 2.45) is 0 Å². The van der Waals surface area contributed by atoms with E-state index in [-0.39, 0.29) is 36.0 Å². The van der Waals surface area contributed by atoms with Crippen LogP contribution >= 0.6 is 11.3 Å². The lowest BCUT2D eigenvalue weighted by molar-refractivity contribution is 0.0505. The lowest BCUT2D eigenvalue weighted by Crippen LogP contribution is -2.37. The standard InChI is InChI=1S/C24H27N3O4S2/c1-2-12-27-20(15-25-24(27)33(29,30)18-19-8-4-3-5-9-19)16-26(17-21-10-6-13-31-21)23(28)22-11-7-14-32-22/h2-5,7-9,11,14-15,21H,1,6,10,12-13,16-18H2/t21-/m1/s1. The second-order valence-electron chi connectivity index (χ2n) is 7.97. The number of nitrogens with zero attached hydrogens (tertiary/aromatic N) is 3. The normalized spacial score (nSPS) is 16.1. The van der Waals surface area contributed by atoms with Crippen molar-refractivity contribution < 1.29 is 17.9 Å². The summed E-state index contributed by atoms with van der Waals surface area (Å²) in [7, 11) is -3.69. The second-order valence-corrected chi connectivity index (χ2v) is 10.8. The van der Waals surface area contributed by atoms with Gasteiger partial charge in [0.05, 0.1) is 35.2 Å². The first-order valence-corrected chi connectivity index (χ1v) is 13.4. The van der Waals surface area contributed by atoms with E-state index >= 15 is 0 Å². The molecule has 0 aliphatic carbocycles. The van der Waals surface area contributed by atoms with Crippen molar-refractivity contribution in [1.29, 1.82) is 0 Å². The zero-order chi connectivity index (χ0) is 23.3. The minimum Gasteiger partial charge on any atom is -0.376 e. The van der Waals surface area contributed by atoms with Gasteiger partial charge in [-0.1, -0.05) is 42.5 Å². The Morgan fingerprint density at radius 2 is 2.09 bits per heavy atom. The molecule has 9 heteroatoms. The Morgan fingerprint density at radius 3 is 2.76 bits per heavy atom. The van der Waals surface area contributed by atoms with Gasteiger partial charge in [0.15, 0.2) is 0 Å². The number of amides is 1. The third-order valence-electron chi connectivity index (χ3n) is 5.51. The summed E-state index contributed by atoms with van der Waals surface area (Å²) in [6, 6.07) is 12.7. The molecule has 3 heterocycles. The van der Waals surface area contributed by atoms with Gasteiger partial charge in [-0.05, 0) is 29.9 Å². The minimum absolute atomic E-state index is 0.0121. The lowest BCUT2D eigenvalue weighted by Gasteiger charge is -2.25. The maximum atomic E-state index is 13.2. The molecule has 1 atom stereocenters. The Bertz CT molecular complexity index is 1180. The van der Waals surface area contributed by atoms with Crippen molar-refractivity contribution in [3.05, 3.63) is 82.8 Å². The Hall–Kier alpha value is -2.75. The van der Waals surface area contributed by atoms with Crippen LogP contribution in [0, 0.1) is 0 Å². The molecule has 1 aromatic carbocycles. The summed E-state index contributed by atoms with van der Waals surface area (Å²) >= 11 is 1.39. The number of imidazole rings is 1. The van der Waals surface area contributed by atoms with Crippen LogP contribution in [0.2, 0.25) is 0 Å². The van der Waals surface area contributed by atoms with Gasteiger partial charge in [0.2, 0.25) is 15.0 Å². The van der Waals surface area contributed by atoms with E-state index in [9.17, 15) is 13.2 Å². The van der Waals surface area contributed by atoms with E-state index in [1.165, 1.54) is 11.3 Å². The first-order valence-electron chi connectivity index (χ1n) is 10.8. The summed E-state index contributed by atoms with van der Waals surface area (Å²) in [5, 5.41) is 1.86. The fraction of sp³-hybridized carbons (Fsp3) is 0.333. The molecule has 4 rings (SSSR count). The summed E-state index contributed by atoms with van der Waals surface area (Å²) in [6.07, 6.45) is 5.04. The molecule has 3 aromatic rings. The Kier molecular flexibility index (Phi) is 7.42. The summed E-state index contributed by atoms with van der Waals surface area (Å²) in [4.78, 5) is 19.9. The molecule has 0 N–H and O–H groups in total. The quantitative estimate of drug-likeness (QED) is 0.407. The molecule has 0 spiro atoms. The van der Waals surface area contributed by atoms with Crippen LogP contribution in [0.15, 0.2) is 71.9 Å². The number of ether oxygens (including phenoxy) is 1. The van der Waals surface area contributed by atoms with Crippen LogP contribution in [0.5, 0.6) is 0 Å². The van der Waals surface area contributed by atoms with Crippen molar-refractivity contribution in [3.8, 4) is 0 Å². The third kappa shape index (κ3) is 5.61. The van der Waals surface area contributed by atoms with Crippen LogP contribution in [-0.2, 0) is 33.4 Å². The SMILES string of the molecule is C=CCn1c(CN(C[C@H]2CCCO2)C(=O)c2cccs2)cnc1S(=O)(=O)Cc1ccccc1. The van der Waals surface area contributed by atoms with E-state index in [2.05, 4.69) is 11.6 Å². The molecule has 2 aromatic heterocycles. The summed E-state index contributed by atoms with van der Waals surface area (Å²) in [5.74, 6) is -0.240. The predicted molar refractivity (Wildman–Crippen MR) is 128 cm³/mol. The molecule has 0 radical (unpaired) electrons. The number of sulfone groups is 1. The number of thiophene rings is 1. The maximum absolute atomic E-state index is 13.2. The highest BCUT2D eigenvalue weighted by atomic mass is 32.2. The van der Waals surface area contributed by atoms with E-state index in [0.717, 1.165) is 12.8 Å². The van der Waals surface area contributed by atoms with Crippen LogP contribution in [0.4, 0.5) is 0 Å². The van der Waals surface area contributed by atoms with Crippen molar-refractivity contribution in [2.75, 3.05) is 13.2 Å². The average Bonchev–Trinajstić information content (AvgIpc) is 3.57. The fourth-order valence-corrected chi connectivity index (χ4v) is 6.15. The van der Waals surface area contributed by atoms with Crippen molar-refractivity contribution in [3.63, 3.8) is 0 Å². The molecule has 1 aliphatic heterocycles. The van der Waals surface area contributed by atoms with E-state index in [1.54, 1.807) is 39.9 Å². The average molecular weight is 486 g/mol. The van der Waals surface area contributed by atoms with Crippen LogP contribution in [0.1, 0.15) is 33.8 Å². The number of rotatable bonds is 10. The number of hydrogen-bond donors (Lipinski definition) is 0. The Labute approximate surface area is 198 Å². The van der Waals surface area contributed by atoms with Gasteiger partial charge in [-0.25, -0.2) is 13.4 Å². The third-order valence-corrected chi connectivity index (χ3v) is 7.96. The van der Waals surface area contributed by atoms with Crippen LogP contribution in [0.25, 0.3) is 0 Å². The minimum atomic E-state index is -3.69. The number of carbonyl (C=O) groups is 1. The molecule has 1 amide bonds. The molecular weight excluding hydrogens is 458 g/mol. The summed E-state index contributed by atoms with van der Waals surface area (Å²) < 4.78 is 33.8. The Morgan fingerprint density at radius 1 is 1.27 bits per heavy atom. The van der Waals surface area contributed by atoms with Crippen LogP contribution < -0.4 is 0 Å². The van der Waals surface area contributed by atoms with E-state index in [4.69, 9.17) is 4.74 Å². The largest absolute Gasteiger partial charge is 0.376 e. The number of benzene rings is 1. The first kappa shape index (κ1) is 23.4. The molecule has 0 saturated carbocycles. The molecule has 1 fully saturated rings.